The Morgan fingerprint density at radius 3 is 2.90 bits per heavy atom. The molecule has 1 aliphatic rings. The fourth-order valence-corrected chi connectivity index (χ4v) is 2.61. The first kappa shape index (κ1) is 13.7. The van der Waals surface area contributed by atoms with Crippen LogP contribution in [0.25, 0.3) is 5.69 Å². The Balaban J connectivity index is 1.75. The van der Waals surface area contributed by atoms with Gasteiger partial charge in [0.15, 0.2) is 0 Å². The average Bonchev–Trinajstić information content (AvgIpc) is 3.18. The van der Waals surface area contributed by atoms with Crippen molar-refractivity contribution in [2.75, 3.05) is 6.54 Å². The molecule has 1 aliphatic carbocycles. The van der Waals surface area contributed by atoms with Crippen LogP contribution >= 0.6 is 11.6 Å². The van der Waals surface area contributed by atoms with Gasteiger partial charge in [0, 0.05) is 18.7 Å². The van der Waals surface area contributed by atoms with Gasteiger partial charge in [-0.2, -0.15) is 5.10 Å². The zero-order chi connectivity index (χ0) is 13.9. The zero-order valence-electron chi connectivity index (χ0n) is 11.8. The molecule has 0 saturated heterocycles. The van der Waals surface area contributed by atoms with E-state index in [-0.39, 0.29) is 0 Å². The van der Waals surface area contributed by atoms with E-state index in [2.05, 4.69) is 35.5 Å². The fourth-order valence-electron chi connectivity index (χ4n) is 2.32. The van der Waals surface area contributed by atoms with Gasteiger partial charge >= 0.3 is 0 Å². The summed E-state index contributed by atoms with van der Waals surface area (Å²) in [6.07, 6.45) is 5.69. The summed E-state index contributed by atoms with van der Waals surface area (Å²) in [5.41, 5.74) is 3.36. The standard InChI is InChI=1S/C16H20ClN3/c1-2-8-18-11-12-3-6-16(14(17)10-12)20-9-7-15(19-20)13-4-5-13/h3,6-7,9-10,13,18H,2,4-5,8,11H2,1H3. The van der Waals surface area contributed by atoms with E-state index in [4.69, 9.17) is 11.6 Å². The molecule has 1 saturated carbocycles. The summed E-state index contributed by atoms with van der Waals surface area (Å²) in [5.74, 6) is 0.674. The highest BCUT2D eigenvalue weighted by molar-refractivity contribution is 6.32. The van der Waals surface area contributed by atoms with E-state index in [9.17, 15) is 0 Å². The molecule has 0 amide bonds. The molecule has 4 heteroatoms. The summed E-state index contributed by atoms with van der Waals surface area (Å²) >= 11 is 6.39. The van der Waals surface area contributed by atoms with Gasteiger partial charge in [-0.25, -0.2) is 4.68 Å². The average molecular weight is 290 g/mol. The molecule has 0 aliphatic heterocycles. The second-order valence-corrected chi connectivity index (χ2v) is 5.83. The normalized spacial score (nSPS) is 14.7. The molecular formula is C16H20ClN3. The molecule has 106 valence electrons. The van der Waals surface area contributed by atoms with E-state index in [0.717, 1.165) is 30.2 Å². The molecule has 1 N–H and O–H groups in total. The molecule has 1 heterocycles. The van der Waals surface area contributed by atoms with Crippen LogP contribution in [0.2, 0.25) is 5.02 Å². The monoisotopic (exact) mass is 289 g/mol. The van der Waals surface area contributed by atoms with Crippen LogP contribution in [0.15, 0.2) is 30.5 Å². The van der Waals surface area contributed by atoms with E-state index in [1.807, 2.05) is 16.9 Å². The lowest BCUT2D eigenvalue weighted by atomic mass is 10.2. The van der Waals surface area contributed by atoms with Crippen LogP contribution < -0.4 is 5.32 Å². The Kier molecular flexibility index (Phi) is 4.08. The molecule has 0 atom stereocenters. The van der Waals surface area contributed by atoms with Crippen molar-refractivity contribution >= 4 is 11.6 Å². The van der Waals surface area contributed by atoms with Crippen molar-refractivity contribution in [1.82, 2.24) is 15.1 Å². The molecule has 0 spiro atoms. The van der Waals surface area contributed by atoms with Gasteiger partial charge in [-0.1, -0.05) is 24.6 Å². The van der Waals surface area contributed by atoms with Gasteiger partial charge < -0.3 is 5.32 Å². The summed E-state index contributed by atoms with van der Waals surface area (Å²) in [6.45, 7) is 4.06. The Morgan fingerprint density at radius 1 is 1.35 bits per heavy atom. The molecule has 1 aromatic heterocycles. The molecule has 20 heavy (non-hydrogen) atoms. The van der Waals surface area contributed by atoms with Crippen molar-refractivity contribution in [2.24, 2.45) is 0 Å². The quantitative estimate of drug-likeness (QED) is 0.817. The lowest BCUT2D eigenvalue weighted by Crippen LogP contribution is -2.13. The minimum Gasteiger partial charge on any atom is -0.313 e. The maximum absolute atomic E-state index is 6.39. The molecule has 0 unspecified atom stereocenters. The third kappa shape index (κ3) is 3.05. The van der Waals surface area contributed by atoms with Crippen LogP contribution in [0.4, 0.5) is 0 Å². The lowest BCUT2D eigenvalue weighted by Gasteiger charge is -2.08. The smallest absolute Gasteiger partial charge is 0.0832 e. The van der Waals surface area contributed by atoms with Gasteiger partial charge in [0.25, 0.3) is 0 Å². The van der Waals surface area contributed by atoms with Gasteiger partial charge in [-0.05, 0) is 49.6 Å². The summed E-state index contributed by atoms with van der Waals surface area (Å²) in [5, 5.41) is 8.76. The van der Waals surface area contributed by atoms with E-state index in [0.29, 0.717) is 5.92 Å². The lowest BCUT2D eigenvalue weighted by molar-refractivity contribution is 0.675. The van der Waals surface area contributed by atoms with Crippen LogP contribution in [0, 0.1) is 0 Å². The first-order valence-corrected chi connectivity index (χ1v) is 7.71. The summed E-state index contributed by atoms with van der Waals surface area (Å²) in [7, 11) is 0. The van der Waals surface area contributed by atoms with Crippen LogP contribution in [-0.2, 0) is 6.54 Å². The van der Waals surface area contributed by atoms with Crippen LogP contribution in [0.5, 0.6) is 0 Å². The van der Waals surface area contributed by atoms with Gasteiger partial charge in [0.2, 0.25) is 0 Å². The second kappa shape index (κ2) is 5.98. The zero-order valence-corrected chi connectivity index (χ0v) is 12.5. The summed E-state index contributed by atoms with van der Waals surface area (Å²) < 4.78 is 1.89. The molecule has 2 aromatic rings. The molecule has 3 rings (SSSR count). The van der Waals surface area contributed by atoms with Crippen molar-refractivity contribution in [2.45, 2.75) is 38.6 Å². The van der Waals surface area contributed by atoms with Crippen molar-refractivity contribution < 1.29 is 0 Å². The third-order valence-electron chi connectivity index (χ3n) is 3.62. The molecule has 0 radical (unpaired) electrons. The number of hydrogen-bond acceptors (Lipinski definition) is 2. The molecule has 1 aromatic carbocycles. The van der Waals surface area contributed by atoms with Crippen molar-refractivity contribution in [3.63, 3.8) is 0 Å². The SMILES string of the molecule is CCCNCc1ccc(-n2ccc(C3CC3)n2)c(Cl)c1. The Hall–Kier alpha value is -1.32. The van der Waals surface area contributed by atoms with Crippen molar-refractivity contribution in [3.05, 3.63) is 46.7 Å². The minimum absolute atomic E-state index is 0.674. The highest BCUT2D eigenvalue weighted by Gasteiger charge is 2.26. The van der Waals surface area contributed by atoms with Gasteiger partial charge in [-0.15, -0.1) is 0 Å². The predicted octanol–water partition coefficient (Wildman–Crippen LogP) is 3.90. The summed E-state index contributed by atoms with van der Waals surface area (Å²) in [6, 6.07) is 8.29. The summed E-state index contributed by atoms with van der Waals surface area (Å²) in [4.78, 5) is 0. The predicted molar refractivity (Wildman–Crippen MR) is 82.5 cm³/mol. The maximum Gasteiger partial charge on any atom is 0.0832 e. The number of halogens is 1. The highest BCUT2D eigenvalue weighted by atomic mass is 35.5. The van der Waals surface area contributed by atoms with E-state index >= 15 is 0 Å². The first-order chi connectivity index (χ1) is 9.78. The van der Waals surface area contributed by atoms with E-state index in [1.54, 1.807) is 0 Å². The van der Waals surface area contributed by atoms with Crippen molar-refractivity contribution in [1.29, 1.82) is 0 Å². The number of rotatable bonds is 6. The van der Waals surface area contributed by atoms with Crippen molar-refractivity contribution in [3.8, 4) is 5.69 Å². The van der Waals surface area contributed by atoms with Crippen LogP contribution in [-0.4, -0.2) is 16.3 Å². The Labute approximate surface area is 124 Å². The Morgan fingerprint density at radius 2 is 2.20 bits per heavy atom. The largest absolute Gasteiger partial charge is 0.313 e. The minimum atomic E-state index is 0.674. The molecule has 1 fully saturated rings. The first-order valence-electron chi connectivity index (χ1n) is 7.33. The van der Waals surface area contributed by atoms with Crippen LogP contribution in [0.3, 0.4) is 0 Å². The number of hydrogen-bond donors (Lipinski definition) is 1. The molecular weight excluding hydrogens is 270 g/mol. The topological polar surface area (TPSA) is 29.9 Å². The van der Waals surface area contributed by atoms with Crippen LogP contribution in [0.1, 0.15) is 43.4 Å². The van der Waals surface area contributed by atoms with Gasteiger partial charge in [0.05, 0.1) is 16.4 Å². The van der Waals surface area contributed by atoms with E-state index in [1.165, 1.54) is 24.1 Å². The third-order valence-corrected chi connectivity index (χ3v) is 3.92. The number of aromatic nitrogens is 2. The molecule has 3 nitrogen and oxygen atoms in total. The van der Waals surface area contributed by atoms with Gasteiger partial charge in [-0.3, -0.25) is 0 Å². The Bertz CT molecular complexity index is 587. The second-order valence-electron chi connectivity index (χ2n) is 5.42. The maximum atomic E-state index is 6.39. The van der Waals surface area contributed by atoms with Gasteiger partial charge in [0.1, 0.15) is 0 Å². The van der Waals surface area contributed by atoms with E-state index < -0.39 is 0 Å². The number of nitrogens with one attached hydrogen (secondary N) is 1. The fraction of sp³-hybridized carbons (Fsp3) is 0.438. The highest BCUT2D eigenvalue weighted by Crippen LogP contribution is 2.39. The number of benzene rings is 1. The molecule has 0 bridgehead atoms. The number of nitrogens with zero attached hydrogens (tertiary/aromatic N) is 2.